The van der Waals surface area contributed by atoms with Gasteiger partial charge in [-0.3, -0.25) is 0 Å². The first-order valence-corrected chi connectivity index (χ1v) is 7.01. The molecule has 0 fully saturated rings. The van der Waals surface area contributed by atoms with Crippen LogP contribution in [-0.2, 0) is 5.75 Å². The zero-order valence-corrected chi connectivity index (χ0v) is 11.4. The van der Waals surface area contributed by atoms with Gasteiger partial charge in [-0.05, 0) is 37.1 Å². The van der Waals surface area contributed by atoms with Crippen LogP contribution >= 0.6 is 34.7 Å². The van der Waals surface area contributed by atoms with E-state index in [1.807, 2.05) is 0 Å². The molecule has 0 saturated heterocycles. The van der Waals surface area contributed by atoms with Crippen LogP contribution in [0, 0.1) is 13.8 Å². The molecule has 16 heavy (non-hydrogen) atoms. The van der Waals surface area contributed by atoms with E-state index < -0.39 is 0 Å². The van der Waals surface area contributed by atoms with Crippen molar-refractivity contribution in [3.63, 3.8) is 0 Å². The number of rotatable bonds is 3. The summed E-state index contributed by atoms with van der Waals surface area (Å²) < 4.78 is 0.511. The van der Waals surface area contributed by atoms with Gasteiger partial charge in [-0.15, -0.1) is 22.0 Å². The van der Waals surface area contributed by atoms with E-state index in [4.69, 9.17) is 11.6 Å². The topological polar surface area (TPSA) is 25.8 Å². The molecule has 0 aliphatic carbocycles. The molecule has 0 spiro atoms. The Morgan fingerprint density at radius 2 is 2.12 bits per heavy atom. The first-order chi connectivity index (χ1) is 7.65. The van der Waals surface area contributed by atoms with Crippen LogP contribution in [0.25, 0.3) is 0 Å². The summed E-state index contributed by atoms with van der Waals surface area (Å²) in [6, 6.07) is 6.47. The number of aryl methyl sites for hydroxylation is 2. The molecule has 2 aromatic rings. The highest BCUT2D eigenvalue weighted by molar-refractivity contribution is 7.98. The van der Waals surface area contributed by atoms with Crippen molar-refractivity contribution in [1.82, 2.24) is 10.2 Å². The van der Waals surface area contributed by atoms with Crippen molar-refractivity contribution in [1.29, 1.82) is 0 Å². The predicted octanol–water partition coefficient (Wildman–Crippen LogP) is 4.10. The zero-order chi connectivity index (χ0) is 11.5. The second kappa shape index (κ2) is 5.17. The summed E-state index contributed by atoms with van der Waals surface area (Å²) in [7, 11) is 0. The Balaban J connectivity index is 2.07. The van der Waals surface area contributed by atoms with Crippen molar-refractivity contribution in [2.24, 2.45) is 0 Å². The van der Waals surface area contributed by atoms with Gasteiger partial charge >= 0.3 is 0 Å². The Hall–Kier alpha value is -0.580. The van der Waals surface area contributed by atoms with Crippen LogP contribution in [0.3, 0.4) is 0 Å². The van der Waals surface area contributed by atoms with E-state index in [1.54, 1.807) is 11.8 Å². The third kappa shape index (κ3) is 2.97. The SMILES string of the molecule is Cc1ccc(C)c(SCc2nnc(Cl)s2)c1. The third-order valence-electron chi connectivity index (χ3n) is 2.14. The van der Waals surface area contributed by atoms with Gasteiger partial charge in [0.1, 0.15) is 5.01 Å². The monoisotopic (exact) mass is 270 g/mol. The highest BCUT2D eigenvalue weighted by atomic mass is 35.5. The van der Waals surface area contributed by atoms with Gasteiger partial charge in [0.15, 0.2) is 0 Å². The lowest BCUT2D eigenvalue weighted by Gasteiger charge is -2.04. The van der Waals surface area contributed by atoms with Crippen molar-refractivity contribution >= 4 is 34.7 Å². The van der Waals surface area contributed by atoms with Gasteiger partial charge in [-0.2, -0.15) is 0 Å². The molecule has 0 saturated carbocycles. The largest absolute Gasteiger partial charge is 0.207 e. The zero-order valence-electron chi connectivity index (χ0n) is 9.03. The molecule has 0 aliphatic rings. The fourth-order valence-electron chi connectivity index (χ4n) is 1.29. The minimum atomic E-state index is 0.511. The summed E-state index contributed by atoms with van der Waals surface area (Å²) in [4.78, 5) is 1.30. The summed E-state index contributed by atoms with van der Waals surface area (Å²) in [6.07, 6.45) is 0. The maximum absolute atomic E-state index is 5.73. The third-order valence-corrected chi connectivity index (χ3v) is 4.51. The van der Waals surface area contributed by atoms with Crippen molar-refractivity contribution < 1.29 is 0 Å². The highest BCUT2D eigenvalue weighted by Crippen LogP contribution is 2.28. The predicted molar refractivity (Wildman–Crippen MR) is 70.4 cm³/mol. The second-order valence-electron chi connectivity index (χ2n) is 3.51. The van der Waals surface area contributed by atoms with Crippen LogP contribution in [-0.4, -0.2) is 10.2 Å². The number of nitrogens with zero attached hydrogens (tertiary/aromatic N) is 2. The molecule has 1 aromatic carbocycles. The molecule has 1 heterocycles. The Labute approximate surface area is 108 Å². The molecule has 0 unspecified atom stereocenters. The van der Waals surface area contributed by atoms with E-state index >= 15 is 0 Å². The Kier molecular flexibility index (Phi) is 3.84. The van der Waals surface area contributed by atoms with Gasteiger partial charge in [0.25, 0.3) is 0 Å². The van der Waals surface area contributed by atoms with Crippen LogP contribution in [0.1, 0.15) is 16.1 Å². The summed E-state index contributed by atoms with van der Waals surface area (Å²) in [5.74, 6) is 0.828. The Morgan fingerprint density at radius 3 is 2.81 bits per heavy atom. The van der Waals surface area contributed by atoms with Crippen LogP contribution in [0.5, 0.6) is 0 Å². The first-order valence-electron chi connectivity index (χ1n) is 4.83. The number of benzene rings is 1. The maximum Gasteiger partial charge on any atom is 0.207 e. The maximum atomic E-state index is 5.73. The number of aromatic nitrogens is 2. The molecule has 5 heteroatoms. The average molecular weight is 271 g/mol. The van der Waals surface area contributed by atoms with E-state index in [9.17, 15) is 0 Å². The number of hydrogen-bond donors (Lipinski definition) is 0. The summed E-state index contributed by atoms with van der Waals surface area (Å²) in [5, 5.41) is 8.76. The van der Waals surface area contributed by atoms with Crippen LogP contribution in [0.2, 0.25) is 4.47 Å². The molecule has 1 aromatic heterocycles. The molecule has 2 rings (SSSR count). The fourth-order valence-corrected chi connectivity index (χ4v) is 3.27. The summed E-state index contributed by atoms with van der Waals surface area (Å²) in [5.41, 5.74) is 2.58. The van der Waals surface area contributed by atoms with Gasteiger partial charge in [0, 0.05) is 4.90 Å². The lowest BCUT2D eigenvalue weighted by Crippen LogP contribution is -1.84. The normalized spacial score (nSPS) is 10.7. The molecule has 0 radical (unpaired) electrons. The van der Waals surface area contributed by atoms with Gasteiger partial charge < -0.3 is 0 Å². The molecule has 0 bridgehead atoms. The lowest BCUT2D eigenvalue weighted by molar-refractivity contribution is 1.04. The van der Waals surface area contributed by atoms with Crippen LogP contribution in [0.4, 0.5) is 0 Å². The molecule has 84 valence electrons. The van der Waals surface area contributed by atoms with Gasteiger partial charge in [0.2, 0.25) is 4.47 Å². The number of hydrogen-bond acceptors (Lipinski definition) is 4. The summed E-state index contributed by atoms with van der Waals surface area (Å²) in [6.45, 7) is 4.22. The fraction of sp³-hybridized carbons (Fsp3) is 0.273. The standard InChI is InChI=1S/C11H11ClN2S2/c1-7-3-4-8(2)9(5-7)15-6-10-13-14-11(12)16-10/h3-5H,6H2,1-2H3. The van der Waals surface area contributed by atoms with E-state index in [0.717, 1.165) is 10.8 Å². The van der Waals surface area contributed by atoms with Gasteiger partial charge in [-0.25, -0.2) is 0 Å². The molecule has 0 N–H and O–H groups in total. The minimum Gasteiger partial charge on any atom is -0.141 e. The highest BCUT2D eigenvalue weighted by Gasteiger charge is 2.04. The Bertz CT molecular complexity index is 496. The van der Waals surface area contributed by atoms with Crippen molar-refractivity contribution in [2.45, 2.75) is 24.5 Å². The molecular formula is C11H11ClN2S2. The van der Waals surface area contributed by atoms with Gasteiger partial charge in [-0.1, -0.05) is 29.0 Å². The summed E-state index contributed by atoms with van der Waals surface area (Å²) >= 11 is 8.95. The quantitative estimate of drug-likeness (QED) is 0.786. The van der Waals surface area contributed by atoms with Gasteiger partial charge in [0.05, 0.1) is 5.75 Å². The molecular weight excluding hydrogens is 260 g/mol. The van der Waals surface area contributed by atoms with Crippen LogP contribution in [0.15, 0.2) is 23.1 Å². The van der Waals surface area contributed by atoms with Crippen molar-refractivity contribution in [2.75, 3.05) is 0 Å². The van der Waals surface area contributed by atoms with E-state index in [2.05, 4.69) is 42.2 Å². The van der Waals surface area contributed by atoms with E-state index in [-0.39, 0.29) is 0 Å². The van der Waals surface area contributed by atoms with Crippen molar-refractivity contribution in [3.8, 4) is 0 Å². The van der Waals surface area contributed by atoms with E-state index in [0.29, 0.717) is 4.47 Å². The second-order valence-corrected chi connectivity index (χ2v) is 6.17. The molecule has 0 aliphatic heterocycles. The minimum absolute atomic E-state index is 0.511. The average Bonchev–Trinajstić information content (AvgIpc) is 2.66. The van der Waals surface area contributed by atoms with Crippen molar-refractivity contribution in [3.05, 3.63) is 38.8 Å². The van der Waals surface area contributed by atoms with Crippen LogP contribution < -0.4 is 0 Å². The molecule has 0 atom stereocenters. The lowest BCUT2D eigenvalue weighted by atomic mass is 10.2. The van der Waals surface area contributed by atoms with E-state index in [1.165, 1.54) is 27.4 Å². The number of thioether (sulfide) groups is 1. The Morgan fingerprint density at radius 1 is 1.31 bits per heavy atom. The molecule has 0 amide bonds. The molecule has 2 nitrogen and oxygen atoms in total. The first kappa shape index (κ1) is 11.9. The smallest absolute Gasteiger partial charge is 0.141 e. The number of halogens is 1.